The molecule has 0 saturated heterocycles. The van der Waals surface area contributed by atoms with E-state index in [1.165, 1.54) is 0 Å². The molecular formula is C15H16BrNO. The normalized spacial score (nSPS) is 14.2. The van der Waals surface area contributed by atoms with E-state index in [4.69, 9.17) is 0 Å². The van der Waals surface area contributed by atoms with Crippen LogP contribution < -0.4 is 0 Å². The lowest BCUT2D eigenvalue weighted by Crippen LogP contribution is -2.12. The summed E-state index contributed by atoms with van der Waals surface area (Å²) in [6, 6.07) is 13.7. The van der Waals surface area contributed by atoms with Crippen molar-refractivity contribution in [2.75, 3.05) is 0 Å². The third-order valence-corrected chi connectivity index (χ3v) is 3.47. The fourth-order valence-corrected chi connectivity index (χ4v) is 2.18. The number of rotatable bonds is 4. The molecule has 0 aliphatic heterocycles. The Balaban J connectivity index is 2.03. The molecule has 1 aromatic heterocycles. The highest BCUT2D eigenvalue weighted by atomic mass is 79.9. The standard InChI is InChI=1S/C15H16BrNO/c1-11(9-14-8-7-13(16)10-17-14)15(18)12-5-3-2-4-6-12/h2-8,10-11,15,18H,9H2,1H3. The molecule has 18 heavy (non-hydrogen) atoms. The molecule has 1 heterocycles. The van der Waals surface area contributed by atoms with Gasteiger partial charge < -0.3 is 5.11 Å². The number of aliphatic hydroxyl groups excluding tert-OH is 1. The van der Waals surface area contributed by atoms with Crippen molar-refractivity contribution >= 4 is 15.9 Å². The van der Waals surface area contributed by atoms with E-state index in [0.29, 0.717) is 0 Å². The molecule has 94 valence electrons. The van der Waals surface area contributed by atoms with E-state index in [1.807, 2.05) is 49.4 Å². The molecule has 2 unspecified atom stereocenters. The van der Waals surface area contributed by atoms with Gasteiger partial charge in [0.25, 0.3) is 0 Å². The van der Waals surface area contributed by atoms with Crippen LogP contribution in [0.3, 0.4) is 0 Å². The van der Waals surface area contributed by atoms with Gasteiger partial charge in [-0.25, -0.2) is 0 Å². The zero-order valence-corrected chi connectivity index (χ0v) is 11.8. The molecular weight excluding hydrogens is 290 g/mol. The highest BCUT2D eigenvalue weighted by molar-refractivity contribution is 9.10. The van der Waals surface area contributed by atoms with Crippen molar-refractivity contribution in [2.45, 2.75) is 19.4 Å². The smallest absolute Gasteiger partial charge is 0.0819 e. The first-order valence-corrected chi connectivity index (χ1v) is 6.79. The monoisotopic (exact) mass is 305 g/mol. The summed E-state index contributed by atoms with van der Waals surface area (Å²) in [5.41, 5.74) is 1.96. The zero-order valence-electron chi connectivity index (χ0n) is 10.3. The molecule has 0 fully saturated rings. The van der Waals surface area contributed by atoms with Gasteiger partial charge in [-0.3, -0.25) is 4.98 Å². The Morgan fingerprint density at radius 2 is 1.89 bits per heavy atom. The molecule has 1 N–H and O–H groups in total. The molecule has 2 aromatic rings. The molecule has 0 aliphatic rings. The van der Waals surface area contributed by atoms with Crippen molar-refractivity contribution in [3.8, 4) is 0 Å². The van der Waals surface area contributed by atoms with Gasteiger partial charge in [0.05, 0.1) is 6.10 Å². The Kier molecular flexibility index (Phi) is 4.50. The summed E-state index contributed by atoms with van der Waals surface area (Å²) < 4.78 is 0.975. The summed E-state index contributed by atoms with van der Waals surface area (Å²) in [5, 5.41) is 10.3. The lowest BCUT2D eigenvalue weighted by molar-refractivity contribution is 0.117. The second-order valence-corrected chi connectivity index (χ2v) is 5.42. The molecule has 2 rings (SSSR count). The van der Waals surface area contributed by atoms with Crippen molar-refractivity contribution in [1.29, 1.82) is 0 Å². The summed E-state index contributed by atoms with van der Waals surface area (Å²) in [6.07, 6.45) is 2.11. The Morgan fingerprint density at radius 1 is 1.17 bits per heavy atom. The number of aliphatic hydroxyl groups is 1. The van der Waals surface area contributed by atoms with Gasteiger partial charge in [0.1, 0.15) is 0 Å². The van der Waals surface area contributed by atoms with Gasteiger partial charge in [-0.15, -0.1) is 0 Å². The maximum atomic E-state index is 10.3. The summed E-state index contributed by atoms with van der Waals surface area (Å²) >= 11 is 3.37. The molecule has 0 radical (unpaired) electrons. The van der Waals surface area contributed by atoms with Crippen molar-refractivity contribution < 1.29 is 5.11 Å². The minimum Gasteiger partial charge on any atom is -0.388 e. The SMILES string of the molecule is CC(Cc1ccc(Br)cn1)C(O)c1ccccc1. The Hall–Kier alpha value is -1.19. The number of hydrogen-bond donors (Lipinski definition) is 1. The van der Waals surface area contributed by atoms with E-state index in [2.05, 4.69) is 20.9 Å². The van der Waals surface area contributed by atoms with Crippen LogP contribution in [0.15, 0.2) is 53.1 Å². The Morgan fingerprint density at radius 3 is 2.50 bits per heavy atom. The molecule has 3 heteroatoms. The minimum atomic E-state index is -0.448. The third kappa shape index (κ3) is 3.40. The molecule has 2 atom stereocenters. The molecule has 0 aliphatic carbocycles. The van der Waals surface area contributed by atoms with Gasteiger partial charge in [0.2, 0.25) is 0 Å². The second kappa shape index (κ2) is 6.12. The summed E-state index contributed by atoms with van der Waals surface area (Å²) in [5.74, 6) is 0.140. The quantitative estimate of drug-likeness (QED) is 0.933. The van der Waals surface area contributed by atoms with E-state index in [-0.39, 0.29) is 5.92 Å². The van der Waals surface area contributed by atoms with E-state index in [0.717, 1.165) is 22.2 Å². The van der Waals surface area contributed by atoms with Crippen LogP contribution in [-0.2, 0) is 6.42 Å². The van der Waals surface area contributed by atoms with Crippen LogP contribution in [0.25, 0.3) is 0 Å². The average molecular weight is 306 g/mol. The van der Waals surface area contributed by atoms with Crippen LogP contribution in [0, 0.1) is 5.92 Å². The van der Waals surface area contributed by atoms with E-state index in [9.17, 15) is 5.11 Å². The van der Waals surface area contributed by atoms with Gasteiger partial charge in [-0.05, 0) is 46.0 Å². The van der Waals surface area contributed by atoms with E-state index in [1.54, 1.807) is 6.20 Å². The maximum Gasteiger partial charge on any atom is 0.0819 e. The van der Waals surface area contributed by atoms with Crippen molar-refractivity contribution in [3.63, 3.8) is 0 Å². The number of nitrogens with zero attached hydrogens (tertiary/aromatic N) is 1. The fourth-order valence-electron chi connectivity index (χ4n) is 1.95. The van der Waals surface area contributed by atoms with E-state index >= 15 is 0 Å². The number of aromatic nitrogens is 1. The van der Waals surface area contributed by atoms with Crippen LogP contribution >= 0.6 is 15.9 Å². The van der Waals surface area contributed by atoms with Crippen LogP contribution in [0.4, 0.5) is 0 Å². The van der Waals surface area contributed by atoms with Gasteiger partial charge in [0, 0.05) is 16.4 Å². The molecule has 0 amide bonds. The van der Waals surface area contributed by atoms with Crippen LogP contribution in [-0.4, -0.2) is 10.1 Å². The van der Waals surface area contributed by atoms with Crippen molar-refractivity contribution in [2.24, 2.45) is 5.92 Å². The highest BCUT2D eigenvalue weighted by Crippen LogP contribution is 2.24. The number of pyridine rings is 1. The maximum absolute atomic E-state index is 10.3. The number of benzene rings is 1. The van der Waals surface area contributed by atoms with Crippen molar-refractivity contribution in [3.05, 3.63) is 64.4 Å². The number of hydrogen-bond acceptors (Lipinski definition) is 2. The van der Waals surface area contributed by atoms with Gasteiger partial charge >= 0.3 is 0 Å². The van der Waals surface area contributed by atoms with Crippen molar-refractivity contribution in [1.82, 2.24) is 4.98 Å². The third-order valence-electron chi connectivity index (χ3n) is 3.00. The van der Waals surface area contributed by atoms with Crippen LogP contribution in [0.5, 0.6) is 0 Å². The molecule has 0 saturated carbocycles. The van der Waals surface area contributed by atoms with Gasteiger partial charge in [0.15, 0.2) is 0 Å². The van der Waals surface area contributed by atoms with Gasteiger partial charge in [-0.1, -0.05) is 37.3 Å². The average Bonchev–Trinajstić information content (AvgIpc) is 2.41. The first-order chi connectivity index (χ1) is 8.66. The Bertz CT molecular complexity index is 484. The minimum absolute atomic E-state index is 0.140. The molecule has 0 spiro atoms. The van der Waals surface area contributed by atoms with Crippen LogP contribution in [0.2, 0.25) is 0 Å². The predicted octanol–water partition coefficient (Wildman–Crippen LogP) is 3.76. The lowest BCUT2D eigenvalue weighted by Gasteiger charge is -2.18. The first-order valence-electron chi connectivity index (χ1n) is 6.00. The van der Waals surface area contributed by atoms with Crippen LogP contribution in [0.1, 0.15) is 24.3 Å². The van der Waals surface area contributed by atoms with Gasteiger partial charge in [-0.2, -0.15) is 0 Å². The zero-order chi connectivity index (χ0) is 13.0. The summed E-state index contributed by atoms with van der Waals surface area (Å²) in [6.45, 7) is 2.04. The first kappa shape index (κ1) is 13.2. The Labute approximate surface area is 116 Å². The largest absolute Gasteiger partial charge is 0.388 e. The topological polar surface area (TPSA) is 33.1 Å². The number of halogens is 1. The fraction of sp³-hybridized carbons (Fsp3) is 0.267. The molecule has 2 nitrogen and oxygen atoms in total. The molecule has 0 bridgehead atoms. The predicted molar refractivity (Wildman–Crippen MR) is 76.2 cm³/mol. The summed E-state index contributed by atoms with van der Waals surface area (Å²) in [7, 11) is 0. The van der Waals surface area contributed by atoms with E-state index < -0.39 is 6.10 Å². The second-order valence-electron chi connectivity index (χ2n) is 4.50. The summed E-state index contributed by atoms with van der Waals surface area (Å²) in [4.78, 5) is 4.34. The molecule has 1 aromatic carbocycles. The lowest BCUT2D eigenvalue weighted by atomic mass is 9.93. The highest BCUT2D eigenvalue weighted by Gasteiger charge is 2.16.